The monoisotopic (exact) mass is 453 g/mol. The molecule has 1 aromatic heterocycles. The van der Waals surface area contributed by atoms with Gasteiger partial charge in [0.05, 0.1) is 12.1 Å². The maximum absolute atomic E-state index is 13.2. The molecule has 0 fully saturated rings. The number of carbonyl (C=O) groups is 3. The lowest BCUT2D eigenvalue weighted by Gasteiger charge is -2.23. The van der Waals surface area contributed by atoms with Gasteiger partial charge in [-0.3, -0.25) is 14.4 Å². The van der Waals surface area contributed by atoms with Gasteiger partial charge in [-0.25, -0.2) is 9.97 Å². The number of nitrogens with zero attached hydrogens (tertiary/aromatic N) is 3. The van der Waals surface area contributed by atoms with Gasteiger partial charge in [0, 0.05) is 38.2 Å². The first-order chi connectivity index (χ1) is 15.8. The average Bonchev–Trinajstić information content (AvgIpc) is 2.81. The molecule has 0 atom stereocenters. The molecule has 0 bridgehead atoms. The zero-order chi connectivity index (χ0) is 23.8. The number of fused-ring (bicyclic) bond motifs is 1. The number of benzene rings is 1. The van der Waals surface area contributed by atoms with Crippen molar-refractivity contribution in [2.24, 2.45) is 0 Å². The first-order valence-corrected chi connectivity index (χ1v) is 11.3. The van der Waals surface area contributed by atoms with Crippen molar-refractivity contribution in [1.29, 1.82) is 0 Å². The topological polar surface area (TPSA) is 114 Å². The average molecular weight is 454 g/mol. The third kappa shape index (κ3) is 6.74. The minimum absolute atomic E-state index is 0.0920. The van der Waals surface area contributed by atoms with Crippen LogP contribution in [0.2, 0.25) is 0 Å². The van der Waals surface area contributed by atoms with E-state index in [1.807, 2.05) is 26.8 Å². The van der Waals surface area contributed by atoms with E-state index in [2.05, 4.69) is 20.6 Å². The Morgan fingerprint density at radius 3 is 2.73 bits per heavy atom. The summed E-state index contributed by atoms with van der Waals surface area (Å²) < 4.78 is 5.73. The highest BCUT2D eigenvalue weighted by molar-refractivity contribution is 5.97. The normalized spacial score (nSPS) is 16.1. The van der Waals surface area contributed by atoms with Gasteiger partial charge in [0.1, 0.15) is 23.9 Å². The summed E-state index contributed by atoms with van der Waals surface area (Å²) in [6, 6.07) is 6.97. The van der Waals surface area contributed by atoms with Gasteiger partial charge in [-0.2, -0.15) is 0 Å². The highest BCUT2D eigenvalue weighted by Gasteiger charge is 2.20. The summed E-state index contributed by atoms with van der Waals surface area (Å²) in [5, 5.41) is 5.69. The van der Waals surface area contributed by atoms with Crippen LogP contribution in [0.1, 0.15) is 64.8 Å². The maximum atomic E-state index is 13.2. The SMILES string of the molecule is Cc1ccc2c(c1)C(=O)NCCN(C(=O)c1ccnc(C(C)C)n1)CCCC(=O)NCCO2. The van der Waals surface area contributed by atoms with Crippen molar-refractivity contribution in [3.63, 3.8) is 0 Å². The lowest BCUT2D eigenvalue weighted by atomic mass is 10.1. The predicted octanol–water partition coefficient (Wildman–Crippen LogP) is 2.07. The summed E-state index contributed by atoms with van der Waals surface area (Å²) in [7, 11) is 0. The Balaban J connectivity index is 1.79. The summed E-state index contributed by atoms with van der Waals surface area (Å²) in [4.78, 5) is 48.4. The molecule has 0 saturated heterocycles. The number of amides is 3. The number of rotatable bonds is 2. The lowest BCUT2D eigenvalue weighted by molar-refractivity contribution is -0.121. The van der Waals surface area contributed by atoms with Crippen LogP contribution < -0.4 is 15.4 Å². The van der Waals surface area contributed by atoms with Crippen LogP contribution in [0.3, 0.4) is 0 Å². The molecule has 9 nitrogen and oxygen atoms in total. The number of aromatic nitrogens is 2. The third-order valence-corrected chi connectivity index (χ3v) is 5.26. The summed E-state index contributed by atoms with van der Waals surface area (Å²) >= 11 is 0. The van der Waals surface area contributed by atoms with Gasteiger partial charge < -0.3 is 20.3 Å². The van der Waals surface area contributed by atoms with E-state index < -0.39 is 0 Å². The fourth-order valence-corrected chi connectivity index (χ4v) is 3.47. The molecule has 2 aromatic rings. The minimum atomic E-state index is -0.274. The molecule has 0 spiro atoms. The van der Waals surface area contributed by atoms with Crippen molar-refractivity contribution in [1.82, 2.24) is 25.5 Å². The van der Waals surface area contributed by atoms with Crippen molar-refractivity contribution in [2.75, 3.05) is 32.8 Å². The molecule has 1 aromatic carbocycles. The second-order valence-corrected chi connectivity index (χ2v) is 8.30. The molecular formula is C24H31N5O4. The lowest BCUT2D eigenvalue weighted by Crippen LogP contribution is -2.40. The van der Waals surface area contributed by atoms with Crippen molar-refractivity contribution < 1.29 is 19.1 Å². The predicted molar refractivity (Wildman–Crippen MR) is 123 cm³/mol. The fourth-order valence-electron chi connectivity index (χ4n) is 3.47. The van der Waals surface area contributed by atoms with Gasteiger partial charge in [-0.1, -0.05) is 25.5 Å². The Hall–Kier alpha value is -3.49. The molecule has 9 heteroatoms. The standard InChI is InChI=1S/C24H31N5O4/c1-16(2)22-26-9-8-19(28-22)24(32)29-12-4-5-21(30)25-11-14-33-20-7-6-17(3)15-18(20)23(31)27-10-13-29/h6-9,15-16H,4-5,10-14H2,1-3H3,(H,25,30)(H,27,31). The minimum Gasteiger partial charge on any atom is -0.491 e. The van der Waals surface area contributed by atoms with Gasteiger partial charge in [-0.05, 0) is 31.5 Å². The van der Waals surface area contributed by atoms with Gasteiger partial charge in [0.25, 0.3) is 11.8 Å². The van der Waals surface area contributed by atoms with Crippen LogP contribution in [-0.4, -0.2) is 65.4 Å². The van der Waals surface area contributed by atoms with Crippen LogP contribution in [0.15, 0.2) is 30.5 Å². The van der Waals surface area contributed by atoms with Gasteiger partial charge in [0.15, 0.2) is 0 Å². The Kier molecular flexibility index (Phi) is 8.34. The molecule has 176 valence electrons. The van der Waals surface area contributed by atoms with Crippen LogP contribution in [0.25, 0.3) is 0 Å². The number of hydrogen-bond donors (Lipinski definition) is 2. The summed E-state index contributed by atoms with van der Waals surface area (Å²) in [6.07, 6.45) is 2.36. The Morgan fingerprint density at radius 1 is 1.12 bits per heavy atom. The summed E-state index contributed by atoms with van der Waals surface area (Å²) in [5.74, 6) is 0.510. The van der Waals surface area contributed by atoms with Crippen LogP contribution in [0, 0.1) is 6.92 Å². The Labute approximate surface area is 193 Å². The molecule has 1 aliphatic rings. The molecule has 0 radical (unpaired) electrons. The van der Waals surface area contributed by atoms with Crippen molar-refractivity contribution in [2.45, 2.75) is 39.5 Å². The van der Waals surface area contributed by atoms with Crippen LogP contribution in [0.4, 0.5) is 0 Å². The molecule has 33 heavy (non-hydrogen) atoms. The molecule has 2 heterocycles. The van der Waals surface area contributed by atoms with Crippen molar-refractivity contribution in [3.05, 3.63) is 53.1 Å². The first-order valence-electron chi connectivity index (χ1n) is 11.3. The largest absolute Gasteiger partial charge is 0.491 e. The van der Waals surface area contributed by atoms with Gasteiger partial charge in [-0.15, -0.1) is 0 Å². The van der Waals surface area contributed by atoms with E-state index in [0.29, 0.717) is 42.3 Å². The molecule has 0 aliphatic carbocycles. The van der Waals surface area contributed by atoms with Crippen LogP contribution in [0.5, 0.6) is 5.75 Å². The number of nitrogens with one attached hydrogen (secondary N) is 2. The van der Waals surface area contributed by atoms with E-state index in [0.717, 1.165) is 5.56 Å². The van der Waals surface area contributed by atoms with Crippen LogP contribution >= 0.6 is 0 Å². The van der Waals surface area contributed by atoms with Crippen molar-refractivity contribution in [3.8, 4) is 5.75 Å². The van der Waals surface area contributed by atoms with E-state index in [-0.39, 0.29) is 49.8 Å². The molecule has 0 saturated carbocycles. The van der Waals surface area contributed by atoms with Gasteiger partial charge >= 0.3 is 0 Å². The fraction of sp³-hybridized carbons (Fsp3) is 0.458. The highest BCUT2D eigenvalue weighted by atomic mass is 16.5. The first kappa shape index (κ1) is 24.2. The number of hydrogen-bond acceptors (Lipinski definition) is 6. The molecule has 0 unspecified atom stereocenters. The molecule has 3 amide bonds. The van der Waals surface area contributed by atoms with Crippen LogP contribution in [-0.2, 0) is 4.79 Å². The van der Waals surface area contributed by atoms with E-state index in [1.165, 1.54) is 0 Å². The Bertz CT molecular complexity index is 1010. The maximum Gasteiger partial charge on any atom is 0.272 e. The van der Waals surface area contributed by atoms with E-state index in [1.54, 1.807) is 29.3 Å². The second-order valence-electron chi connectivity index (χ2n) is 8.30. The quantitative estimate of drug-likeness (QED) is 0.720. The Morgan fingerprint density at radius 2 is 1.94 bits per heavy atom. The smallest absolute Gasteiger partial charge is 0.272 e. The number of ether oxygens (including phenoxy) is 1. The van der Waals surface area contributed by atoms with E-state index in [9.17, 15) is 14.4 Å². The summed E-state index contributed by atoms with van der Waals surface area (Å²) in [5.41, 5.74) is 1.66. The number of carbonyl (C=O) groups excluding carboxylic acids is 3. The zero-order valence-electron chi connectivity index (χ0n) is 19.4. The summed E-state index contributed by atoms with van der Waals surface area (Å²) in [6.45, 7) is 7.32. The van der Waals surface area contributed by atoms with Gasteiger partial charge in [0.2, 0.25) is 5.91 Å². The number of aryl methyl sites for hydroxylation is 1. The van der Waals surface area contributed by atoms with Crippen molar-refractivity contribution >= 4 is 17.7 Å². The molecular weight excluding hydrogens is 422 g/mol. The van der Waals surface area contributed by atoms with E-state index >= 15 is 0 Å². The third-order valence-electron chi connectivity index (χ3n) is 5.26. The molecule has 2 N–H and O–H groups in total. The molecule has 1 aliphatic heterocycles. The highest BCUT2D eigenvalue weighted by Crippen LogP contribution is 2.20. The zero-order valence-corrected chi connectivity index (χ0v) is 19.4. The second kappa shape index (κ2) is 11.4. The molecule has 3 rings (SSSR count). The van der Waals surface area contributed by atoms with E-state index in [4.69, 9.17) is 4.74 Å².